The van der Waals surface area contributed by atoms with Crippen LogP contribution in [-0.2, 0) is 27.7 Å². The lowest BCUT2D eigenvalue weighted by Gasteiger charge is -2.34. The van der Waals surface area contributed by atoms with E-state index in [0.29, 0.717) is 25.0 Å². The number of nitrogens with zero attached hydrogens (tertiary/aromatic N) is 3. The van der Waals surface area contributed by atoms with Crippen LogP contribution >= 0.6 is 0 Å². The Morgan fingerprint density at radius 1 is 1.12 bits per heavy atom. The fourth-order valence-electron chi connectivity index (χ4n) is 4.89. The Morgan fingerprint density at radius 3 is 2.42 bits per heavy atom. The summed E-state index contributed by atoms with van der Waals surface area (Å²) in [6.07, 6.45) is 6.19. The number of rotatable bonds is 8. The van der Waals surface area contributed by atoms with Crippen molar-refractivity contribution in [3.8, 4) is 0 Å². The molecule has 2 aliphatic rings. The molecule has 0 unspecified atom stereocenters. The van der Waals surface area contributed by atoms with Crippen LogP contribution in [-0.4, -0.2) is 68.3 Å². The standard InChI is InChI=1S/C25H41N3O4S/c1-19(2)28(13-6-7-21-10-14-26(15-11-21)25(29)32-20(3)4)24-9-8-23-18-27(33(5,30)31)16-12-22(23)17-24/h8-9,17,19-21H,6-7,10-16,18H2,1-5H3. The average Bonchev–Trinajstić information content (AvgIpc) is 2.75. The van der Waals surface area contributed by atoms with E-state index >= 15 is 0 Å². The molecule has 0 aromatic heterocycles. The number of hydrogen-bond donors (Lipinski definition) is 0. The number of carbonyl (C=O) groups excluding carboxylic acids is 1. The maximum atomic E-state index is 12.1. The van der Waals surface area contributed by atoms with E-state index in [0.717, 1.165) is 50.9 Å². The van der Waals surface area contributed by atoms with E-state index in [9.17, 15) is 13.2 Å². The van der Waals surface area contributed by atoms with Gasteiger partial charge in [0.15, 0.2) is 0 Å². The molecule has 0 aliphatic carbocycles. The highest BCUT2D eigenvalue weighted by atomic mass is 32.2. The van der Waals surface area contributed by atoms with Crippen molar-refractivity contribution in [2.75, 3.05) is 37.3 Å². The molecule has 1 amide bonds. The molecule has 0 N–H and O–H groups in total. The summed E-state index contributed by atoms with van der Waals surface area (Å²) >= 11 is 0. The number of amides is 1. The monoisotopic (exact) mass is 479 g/mol. The van der Waals surface area contributed by atoms with Crippen LogP contribution in [0.15, 0.2) is 18.2 Å². The predicted octanol–water partition coefficient (Wildman–Crippen LogP) is 4.26. The number of likely N-dealkylation sites (tertiary alicyclic amines) is 1. The molecule has 8 heteroatoms. The molecular weight excluding hydrogens is 438 g/mol. The molecular formula is C25H41N3O4S. The van der Waals surface area contributed by atoms with Crippen LogP contribution in [0.1, 0.15) is 64.5 Å². The molecule has 1 fully saturated rings. The molecule has 0 radical (unpaired) electrons. The van der Waals surface area contributed by atoms with Gasteiger partial charge in [-0.25, -0.2) is 13.2 Å². The highest BCUT2D eigenvalue weighted by Gasteiger charge is 2.26. The molecule has 1 aromatic rings. The first-order valence-electron chi connectivity index (χ1n) is 12.3. The second-order valence-corrected chi connectivity index (χ2v) is 12.1. The molecule has 1 aromatic carbocycles. The van der Waals surface area contributed by atoms with Crippen molar-refractivity contribution in [2.45, 2.75) is 78.5 Å². The molecule has 0 spiro atoms. The average molecular weight is 480 g/mol. The van der Waals surface area contributed by atoms with Crippen molar-refractivity contribution in [3.05, 3.63) is 29.3 Å². The Morgan fingerprint density at radius 2 is 1.82 bits per heavy atom. The van der Waals surface area contributed by atoms with Gasteiger partial charge >= 0.3 is 6.09 Å². The second-order valence-electron chi connectivity index (χ2n) is 10.1. The minimum Gasteiger partial charge on any atom is -0.447 e. The lowest BCUT2D eigenvalue weighted by Crippen LogP contribution is -2.40. The number of anilines is 1. The van der Waals surface area contributed by atoms with Crippen LogP contribution in [0, 0.1) is 5.92 Å². The van der Waals surface area contributed by atoms with Gasteiger partial charge in [-0.1, -0.05) is 6.07 Å². The SMILES string of the molecule is CC(C)OC(=O)N1CCC(CCCN(c2ccc3c(c2)CCN(S(C)(=O)=O)C3)C(C)C)CC1. The van der Waals surface area contributed by atoms with Crippen molar-refractivity contribution < 1.29 is 17.9 Å². The zero-order chi connectivity index (χ0) is 24.2. The van der Waals surface area contributed by atoms with Crippen molar-refractivity contribution in [2.24, 2.45) is 5.92 Å². The summed E-state index contributed by atoms with van der Waals surface area (Å²) in [6, 6.07) is 6.90. The van der Waals surface area contributed by atoms with Gasteiger partial charge < -0.3 is 14.5 Å². The van der Waals surface area contributed by atoms with E-state index in [2.05, 4.69) is 36.9 Å². The molecule has 3 rings (SSSR count). The van der Waals surface area contributed by atoms with Crippen molar-refractivity contribution in [3.63, 3.8) is 0 Å². The summed E-state index contributed by atoms with van der Waals surface area (Å²) in [7, 11) is -3.15. The number of piperidine rings is 1. The predicted molar refractivity (Wildman–Crippen MR) is 133 cm³/mol. The summed E-state index contributed by atoms with van der Waals surface area (Å²) in [4.78, 5) is 16.4. The zero-order valence-electron chi connectivity index (χ0n) is 20.9. The Balaban J connectivity index is 1.52. The second kappa shape index (κ2) is 11.1. The normalized spacial score (nSPS) is 18.0. The number of ether oxygens (including phenoxy) is 1. The number of hydrogen-bond acceptors (Lipinski definition) is 5. The van der Waals surface area contributed by atoms with E-state index in [1.165, 1.54) is 23.9 Å². The van der Waals surface area contributed by atoms with Gasteiger partial charge in [0.1, 0.15) is 0 Å². The van der Waals surface area contributed by atoms with Crippen molar-refractivity contribution >= 4 is 21.8 Å². The summed E-state index contributed by atoms with van der Waals surface area (Å²) < 4.78 is 30.7. The topological polar surface area (TPSA) is 70.2 Å². The summed E-state index contributed by atoms with van der Waals surface area (Å²) in [5, 5.41) is 0. The molecule has 0 bridgehead atoms. The molecule has 33 heavy (non-hydrogen) atoms. The summed E-state index contributed by atoms with van der Waals surface area (Å²) in [6.45, 7) is 11.8. The number of benzene rings is 1. The van der Waals surface area contributed by atoms with Crippen LogP contribution in [0.5, 0.6) is 0 Å². The quantitative estimate of drug-likeness (QED) is 0.557. The molecule has 186 valence electrons. The van der Waals surface area contributed by atoms with E-state index in [1.54, 1.807) is 4.31 Å². The van der Waals surface area contributed by atoms with E-state index < -0.39 is 10.0 Å². The first-order chi connectivity index (χ1) is 15.5. The molecule has 2 heterocycles. The molecule has 7 nitrogen and oxygen atoms in total. The summed E-state index contributed by atoms with van der Waals surface area (Å²) in [5.41, 5.74) is 3.60. The first-order valence-corrected chi connectivity index (χ1v) is 14.2. The van der Waals surface area contributed by atoms with Crippen molar-refractivity contribution in [1.29, 1.82) is 0 Å². The Bertz CT molecular complexity index is 908. The highest BCUT2D eigenvalue weighted by molar-refractivity contribution is 7.88. The Kier molecular flexibility index (Phi) is 8.67. The van der Waals surface area contributed by atoms with Gasteiger partial charge in [0.25, 0.3) is 0 Å². The Hall–Kier alpha value is -1.80. The lowest BCUT2D eigenvalue weighted by atomic mass is 9.92. The smallest absolute Gasteiger partial charge is 0.410 e. The van der Waals surface area contributed by atoms with E-state index in [4.69, 9.17) is 4.74 Å². The maximum absolute atomic E-state index is 12.1. The molecule has 2 aliphatic heterocycles. The fourth-order valence-corrected chi connectivity index (χ4v) is 5.69. The largest absolute Gasteiger partial charge is 0.447 e. The first kappa shape index (κ1) is 25.8. The fraction of sp³-hybridized carbons (Fsp3) is 0.720. The van der Waals surface area contributed by atoms with E-state index in [-0.39, 0.29) is 12.2 Å². The number of sulfonamides is 1. The minimum atomic E-state index is -3.15. The molecule has 0 saturated carbocycles. The summed E-state index contributed by atoms with van der Waals surface area (Å²) in [5.74, 6) is 0.660. The van der Waals surface area contributed by atoms with Crippen LogP contribution in [0.2, 0.25) is 0 Å². The van der Waals surface area contributed by atoms with Gasteiger partial charge in [-0.2, -0.15) is 4.31 Å². The lowest BCUT2D eigenvalue weighted by molar-refractivity contribution is 0.0647. The minimum absolute atomic E-state index is 0.0699. The van der Waals surface area contributed by atoms with Gasteiger partial charge in [-0.05, 0) is 89.0 Å². The number of fused-ring (bicyclic) bond motifs is 1. The third-order valence-electron chi connectivity index (χ3n) is 6.81. The van der Waals surface area contributed by atoms with Crippen LogP contribution in [0.25, 0.3) is 0 Å². The Labute approximate surface area is 200 Å². The maximum Gasteiger partial charge on any atom is 0.410 e. The van der Waals surface area contributed by atoms with Gasteiger partial charge in [0.2, 0.25) is 10.0 Å². The van der Waals surface area contributed by atoms with E-state index in [1.807, 2.05) is 18.7 Å². The third-order valence-corrected chi connectivity index (χ3v) is 8.06. The zero-order valence-corrected chi connectivity index (χ0v) is 21.7. The van der Waals surface area contributed by atoms with Gasteiger partial charge in [-0.15, -0.1) is 0 Å². The van der Waals surface area contributed by atoms with Crippen molar-refractivity contribution in [1.82, 2.24) is 9.21 Å². The molecule has 0 atom stereocenters. The molecule has 1 saturated heterocycles. The van der Waals surface area contributed by atoms with Gasteiger partial charge in [0.05, 0.1) is 12.4 Å². The van der Waals surface area contributed by atoms with Gasteiger partial charge in [-0.3, -0.25) is 0 Å². The number of carbonyl (C=O) groups is 1. The van der Waals surface area contributed by atoms with Gasteiger partial charge in [0, 0.05) is 44.5 Å². The highest BCUT2D eigenvalue weighted by Crippen LogP contribution is 2.28. The van der Waals surface area contributed by atoms with Crippen LogP contribution in [0.4, 0.5) is 10.5 Å². The van der Waals surface area contributed by atoms with Crippen LogP contribution < -0.4 is 4.90 Å². The van der Waals surface area contributed by atoms with Crippen LogP contribution in [0.3, 0.4) is 0 Å². The third kappa shape index (κ3) is 7.09.